The summed E-state index contributed by atoms with van der Waals surface area (Å²) in [6.07, 6.45) is -2.71. The van der Waals surface area contributed by atoms with Crippen molar-refractivity contribution < 1.29 is 33.5 Å². The van der Waals surface area contributed by atoms with Gasteiger partial charge in [0.25, 0.3) is 0 Å². The Morgan fingerprint density at radius 1 is 1.23 bits per heavy atom. The van der Waals surface area contributed by atoms with Gasteiger partial charge in [-0.3, -0.25) is 19.7 Å². The van der Waals surface area contributed by atoms with Gasteiger partial charge in [-0.2, -0.15) is 0 Å². The van der Waals surface area contributed by atoms with Gasteiger partial charge in [0.15, 0.2) is 18.5 Å². The van der Waals surface area contributed by atoms with E-state index in [0.717, 1.165) is 12.5 Å². The molecule has 1 heterocycles. The van der Waals surface area contributed by atoms with Crippen LogP contribution in [0.3, 0.4) is 0 Å². The van der Waals surface area contributed by atoms with Gasteiger partial charge in [-0.15, -0.1) is 0 Å². The van der Waals surface area contributed by atoms with Gasteiger partial charge in [0, 0.05) is 13.8 Å². The zero-order valence-corrected chi connectivity index (χ0v) is 14.3. The first-order chi connectivity index (χ1) is 12.4. The third-order valence-electron chi connectivity index (χ3n) is 3.47. The molecule has 1 fully saturated rings. The van der Waals surface area contributed by atoms with Crippen LogP contribution in [0.4, 0.5) is 0 Å². The van der Waals surface area contributed by atoms with Crippen LogP contribution in [0.5, 0.6) is 0 Å². The van der Waals surface area contributed by atoms with Crippen LogP contribution in [0, 0.1) is 10.1 Å². The molecule has 0 aromatic heterocycles. The van der Waals surface area contributed by atoms with E-state index in [0.29, 0.717) is 6.20 Å². The summed E-state index contributed by atoms with van der Waals surface area (Å²) < 4.78 is 21.5. The fourth-order valence-corrected chi connectivity index (χ4v) is 2.48. The maximum absolute atomic E-state index is 11.5. The monoisotopic (exact) mass is 365 g/mol. The standard InChI is InChI=1S/C17H19NO8/c1-11(19)25-15-14(8-18(21)22)10-24-17(16(15)26-12(2)20)23-9-13-6-4-3-5-7-13/h3-8,15-17H,9-10H2,1-2H3/b14-8+/t15-,16+,17-/m1/s1. The van der Waals surface area contributed by atoms with Crippen LogP contribution < -0.4 is 0 Å². The minimum atomic E-state index is -1.17. The Labute approximate surface area is 149 Å². The Bertz CT molecular complexity index is 687. The van der Waals surface area contributed by atoms with E-state index in [-0.39, 0.29) is 18.8 Å². The third kappa shape index (κ3) is 5.64. The summed E-state index contributed by atoms with van der Waals surface area (Å²) in [6, 6.07) is 9.21. The zero-order chi connectivity index (χ0) is 19.1. The smallest absolute Gasteiger partial charge is 0.303 e. The summed E-state index contributed by atoms with van der Waals surface area (Å²) >= 11 is 0. The summed E-state index contributed by atoms with van der Waals surface area (Å²) in [4.78, 5) is 33.0. The SMILES string of the molecule is CC(=O)O[C@@H]1[C@H](OCc2ccccc2)OC/C(=C\[N+](=O)[O-])[C@H]1OC(C)=O. The van der Waals surface area contributed by atoms with Crippen molar-refractivity contribution in [2.24, 2.45) is 0 Å². The molecule has 9 nitrogen and oxygen atoms in total. The van der Waals surface area contributed by atoms with Gasteiger partial charge in [-0.1, -0.05) is 30.3 Å². The van der Waals surface area contributed by atoms with Crippen molar-refractivity contribution in [3.05, 3.63) is 57.8 Å². The number of ether oxygens (including phenoxy) is 4. The first-order valence-electron chi connectivity index (χ1n) is 7.82. The summed E-state index contributed by atoms with van der Waals surface area (Å²) in [6.45, 7) is 2.29. The Kier molecular flexibility index (Phi) is 6.81. The Hall–Kier alpha value is -2.78. The predicted molar refractivity (Wildman–Crippen MR) is 87.2 cm³/mol. The van der Waals surface area contributed by atoms with Crippen molar-refractivity contribution in [3.63, 3.8) is 0 Å². The van der Waals surface area contributed by atoms with Crippen LogP contribution in [0.15, 0.2) is 42.1 Å². The van der Waals surface area contributed by atoms with E-state index in [2.05, 4.69) is 0 Å². The molecule has 1 saturated heterocycles. The molecular weight excluding hydrogens is 346 g/mol. The van der Waals surface area contributed by atoms with Crippen molar-refractivity contribution in [1.29, 1.82) is 0 Å². The van der Waals surface area contributed by atoms with Gasteiger partial charge >= 0.3 is 11.9 Å². The van der Waals surface area contributed by atoms with E-state index >= 15 is 0 Å². The number of carbonyl (C=O) groups excluding carboxylic acids is 2. The van der Waals surface area contributed by atoms with Crippen LogP contribution in [0.1, 0.15) is 19.4 Å². The molecule has 0 aliphatic carbocycles. The molecule has 140 valence electrons. The van der Waals surface area contributed by atoms with E-state index in [1.807, 2.05) is 30.3 Å². The van der Waals surface area contributed by atoms with Gasteiger partial charge in [0.2, 0.25) is 6.20 Å². The number of esters is 2. The molecule has 0 amide bonds. The molecule has 0 saturated carbocycles. The number of carbonyl (C=O) groups is 2. The fraction of sp³-hybridized carbons (Fsp3) is 0.412. The lowest BCUT2D eigenvalue weighted by atomic mass is 10.0. The minimum Gasteiger partial charge on any atom is -0.453 e. The molecule has 1 aliphatic rings. The van der Waals surface area contributed by atoms with Crippen LogP contribution in [0.2, 0.25) is 0 Å². The van der Waals surface area contributed by atoms with Crippen molar-refractivity contribution in [2.45, 2.75) is 39.0 Å². The molecule has 0 N–H and O–H groups in total. The molecule has 26 heavy (non-hydrogen) atoms. The fourth-order valence-electron chi connectivity index (χ4n) is 2.48. The van der Waals surface area contributed by atoms with Crippen molar-refractivity contribution in [1.82, 2.24) is 0 Å². The Balaban J connectivity index is 2.22. The Morgan fingerprint density at radius 3 is 2.46 bits per heavy atom. The first-order valence-corrected chi connectivity index (χ1v) is 7.82. The van der Waals surface area contributed by atoms with Gasteiger partial charge in [0.1, 0.15) is 0 Å². The number of hydrogen-bond donors (Lipinski definition) is 0. The summed E-state index contributed by atoms with van der Waals surface area (Å²) in [7, 11) is 0. The van der Waals surface area contributed by atoms with Crippen LogP contribution in [-0.4, -0.2) is 42.0 Å². The quantitative estimate of drug-likeness (QED) is 0.424. The lowest BCUT2D eigenvalue weighted by Crippen LogP contribution is -2.51. The van der Waals surface area contributed by atoms with E-state index in [1.165, 1.54) is 6.92 Å². The van der Waals surface area contributed by atoms with Crippen LogP contribution >= 0.6 is 0 Å². The summed E-state index contributed by atoms with van der Waals surface area (Å²) in [5.74, 6) is -1.34. The maximum Gasteiger partial charge on any atom is 0.303 e. The largest absolute Gasteiger partial charge is 0.453 e. The third-order valence-corrected chi connectivity index (χ3v) is 3.47. The highest BCUT2D eigenvalue weighted by molar-refractivity contribution is 5.67. The second-order valence-corrected chi connectivity index (χ2v) is 5.57. The number of nitro groups is 1. The van der Waals surface area contributed by atoms with Gasteiger partial charge < -0.3 is 18.9 Å². The molecule has 0 unspecified atom stereocenters. The average molecular weight is 365 g/mol. The number of hydrogen-bond acceptors (Lipinski definition) is 8. The molecule has 0 spiro atoms. The van der Waals surface area contributed by atoms with Gasteiger partial charge in [-0.25, -0.2) is 0 Å². The van der Waals surface area contributed by atoms with E-state index in [4.69, 9.17) is 18.9 Å². The molecule has 1 aliphatic heterocycles. The molecule has 9 heteroatoms. The first kappa shape index (κ1) is 19.5. The molecule has 3 atom stereocenters. The van der Waals surface area contributed by atoms with Gasteiger partial charge in [0.05, 0.1) is 23.7 Å². The van der Waals surface area contributed by atoms with E-state index < -0.39 is 35.4 Å². The van der Waals surface area contributed by atoms with E-state index in [1.54, 1.807) is 0 Å². The molecule has 0 radical (unpaired) electrons. The average Bonchev–Trinajstić information content (AvgIpc) is 2.56. The normalized spacial score (nSPS) is 24.1. The summed E-state index contributed by atoms with van der Waals surface area (Å²) in [5.41, 5.74) is 0.921. The van der Waals surface area contributed by atoms with Crippen LogP contribution in [-0.2, 0) is 35.1 Å². The van der Waals surface area contributed by atoms with Crippen molar-refractivity contribution >= 4 is 11.9 Å². The molecule has 1 aromatic rings. The van der Waals surface area contributed by atoms with E-state index in [9.17, 15) is 19.7 Å². The molecule has 0 bridgehead atoms. The highest BCUT2D eigenvalue weighted by atomic mass is 16.7. The molecule has 1 aromatic carbocycles. The lowest BCUT2D eigenvalue weighted by Gasteiger charge is -2.36. The number of rotatable bonds is 6. The maximum atomic E-state index is 11.5. The minimum absolute atomic E-state index is 0.0658. The number of nitrogens with zero attached hydrogens (tertiary/aromatic N) is 1. The predicted octanol–water partition coefficient (Wildman–Crippen LogP) is 1.58. The topological polar surface area (TPSA) is 114 Å². The highest BCUT2D eigenvalue weighted by Gasteiger charge is 2.44. The Morgan fingerprint density at radius 2 is 1.88 bits per heavy atom. The van der Waals surface area contributed by atoms with Crippen molar-refractivity contribution in [3.8, 4) is 0 Å². The van der Waals surface area contributed by atoms with Crippen molar-refractivity contribution in [2.75, 3.05) is 6.61 Å². The summed E-state index contributed by atoms with van der Waals surface area (Å²) in [5, 5.41) is 10.8. The number of benzene rings is 1. The molecule has 2 rings (SSSR count). The second-order valence-electron chi connectivity index (χ2n) is 5.57. The highest BCUT2D eigenvalue weighted by Crippen LogP contribution is 2.27. The lowest BCUT2D eigenvalue weighted by molar-refractivity contribution is -0.405. The zero-order valence-electron chi connectivity index (χ0n) is 14.3. The van der Waals surface area contributed by atoms with Gasteiger partial charge in [-0.05, 0) is 5.56 Å². The van der Waals surface area contributed by atoms with Crippen LogP contribution in [0.25, 0.3) is 0 Å². The second kappa shape index (κ2) is 9.07. The molecular formula is C17H19NO8.